The van der Waals surface area contributed by atoms with Crippen molar-refractivity contribution < 1.29 is 27.8 Å². The number of rotatable bonds is 8. The number of carbonyl (C=O) groups is 1. The van der Waals surface area contributed by atoms with E-state index in [1.807, 2.05) is 0 Å². The highest BCUT2D eigenvalue weighted by Gasteiger charge is 2.31. The molecular weight excluding hydrogens is 403 g/mol. The van der Waals surface area contributed by atoms with Gasteiger partial charge in [-0.25, -0.2) is 4.98 Å². The first-order valence-electron chi connectivity index (χ1n) is 10.2. The number of hydrogen-bond acceptors (Lipinski definition) is 7. The topological polar surface area (TPSA) is 122 Å². The van der Waals surface area contributed by atoms with Gasteiger partial charge >= 0.3 is 6.18 Å². The molecule has 5 N–H and O–H groups in total. The number of nitrogens with one attached hydrogen (secondary N) is 2. The quantitative estimate of drug-likeness (QED) is 0.499. The van der Waals surface area contributed by atoms with Gasteiger partial charge in [0, 0.05) is 30.8 Å². The Morgan fingerprint density at radius 3 is 2.57 bits per heavy atom. The minimum Gasteiger partial charge on any atom is -0.396 e. The van der Waals surface area contributed by atoms with E-state index >= 15 is 0 Å². The molecule has 1 heterocycles. The van der Waals surface area contributed by atoms with Gasteiger partial charge in [0.2, 0.25) is 5.95 Å². The molecule has 168 valence electrons. The Balaban J connectivity index is 1.59. The van der Waals surface area contributed by atoms with E-state index in [9.17, 15) is 23.1 Å². The van der Waals surface area contributed by atoms with E-state index in [1.54, 1.807) is 0 Å². The van der Waals surface area contributed by atoms with Crippen LogP contribution in [0.15, 0.2) is 6.20 Å². The Kier molecular flexibility index (Phi) is 7.35. The molecule has 3 rings (SSSR count). The Hall–Kier alpha value is -2.14. The van der Waals surface area contributed by atoms with Gasteiger partial charge in [-0.05, 0) is 38.5 Å². The number of nitrogens with two attached hydrogens (primary N) is 1. The van der Waals surface area contributed by atoms with Crippen molar-refractivity contribution in [2.45, 2.75) is 69.3 Å². The number of alkyl halides is 3. The van der Waals surface area contributed by atoms with Crippen molar-refractivity contribution in [3.63, 3.8) is 0 Å². The molecular formula is C19H28F3N5O3. The number of carbonyl (C=O) groups excluding carboxylic acids is 1. The molecule has 0 spiro atoms. The molecule has 0 radical (unpaired) electrons. The van der Waals surface area contributed by atoms with Crippen molar-refractivity contribution >= 4 is 17.7 Å². The van der Waals surface area contributed by atoms with Crippen molar-refractivity contribution in [2.75, 3.05) is 23.8 Å². The van der Waals surface area contributed by atoms with Crippen LogP contribution in [0, 0.1) is 5.92 Å². The summed E-state index contributed by atoms with van der Waals surface area (Å²) >= 11 is 0. The maximum absolute atomic E-state index is 12.3. The third-order valence-corrected chi connectivity index (χ3v) is 5.76. The molecule has 0 bridgehead atoms. The lowest BCUT2D eigenvalue weighted by atomic mass is 9.93. The number of anilines is 2. The van der Waals surface area contributed by atoms with E-state index < -0.39 is 24.8 Å². The molecule has 2 aliphatic rings. The Labute approximate surface area is 172 Å². The first kappa shape index (κ1) is 22.5. The maximum atomic E-state index is 12.3. The number of primary amides is 1. The summed E-state index contributed by atoms with van der Waals surface area (Å²) in [6.07, 6.45) is 1.65. The summed E-state index contributed by atoms with van der Waals surface area (Å²) in [4.78, 5) is 20.3. The van der Waals surface area contributed by atoms with Gasteiger partial charge in [-0.1, -0.05) is 6.42 Å². The van der Waals surface area contributed by atoms with Crippen LogP contribution in [0.5, 0.6) is 0 Å². The van der Waals surface area contributed by atoms with E-state index in [-0.39, 0.29) is 30.2 Å². The number of aliphatic hydroxyl groups is 1. The van der Waals surface area contributed by atoms with E-state index in [2.05, 4.69) is 20.6 Å². The number of amides is 1. The van der Waals surface area contributed by atoms with Gasteiger partial charge in [0.1, 0.15) is 12.4 Å². The van der Waals surface area contributed by atoms with Gasteiger partial charge in [0.05, 0.1) is 11.7 Å². The van der Waals surface area contributed by atoms with Gasteiger partial charge in [-0.15, -0.1) is 0 Å². The van der Waals surface area contributed by atoms with Crippen molar-refractivity contribution in [1.82, 2.24) is 9.97 Å². The fraction of sp³-hybridized carbons (Fsp3) is 0.737. The molecule has 1 aromatic rings. The predicted molar refractivity (Wildman–Crippen MR) is 104 cm³/mol. The number of aliphatic hydroxyl groups excluding tert-OH is 1. The highest BCUT2D eigenvalue weighted by atomic mass is 19.4. The highest BCUT2D eigenvalue weighted by molar-refractivity contribution is 5.97. The molecule has 2 aliphatic carbocycles. The van der Waals surface area contributed by atoms with Crippen LogP contribution in [0.4, 0.5) is 24.9 Å². The van der Waals surface area contributed by atoms with Gasteiger partial charge in [-0.3, -0.25) is 4.79 Å². The van der Waals surface area contributed by atoms with Crippen LogP contribution in [0.3, 0.4) is 0 Å². The van der Waals surface area contributed by atoms with E-state index in [4.69, 9.17) is 10.5 Å². The molecule has 8 nitrogen and oxygen atoms in total. The summed E-state index contributed by atoms with van der Waals surface area (Å²) in [5.41, 5.74) is 5.62. The zero-order valence-electron chi connectivity index (χ0n) is 16.6. The molecule has 2 fully saturated rings. The standard InChI is InChI=1S/C19H28F3N5O3/c20-19(21,22)10-30-13-6-4-12(5-7-13)25-18-24-8-14(16(23)29)17(27-18)26-15-3-1-2-11(15)9-28/h8,11-13,15,28H,1-7,9-10H2,(H2,23,29)(H2,24,25,26,27)/t11-,12-,13-,15?/m0/s1. The number of halogens is 3. The van der Waals surface area contributed by atoms with Gasteiger partial charge in [-0.2, -0.15) is 18.2 Å². The normalized spacial score (nSPS) is 27.1. The SMILES string of the molecule is NC(=O)c1cnc(N[C@H]2CC[C@H](OCC(F)(F)F)CC2)nc1NC1CCC[C@H]1CO. The molecule has 11 heteroatoms. The van der Waals surface area contributed by atoms with Gasteiger partial charge in [0.15, 0.2) is 0 Å². The average molecular weight is 431 g/mol. The van der Waals surface area contributed by atoms with Crippen LogP contribution in [0.25, 0.3) is 0 Å². The molecule has 0 aliphatic heterocycles. The number of aromatic nitrogens is 2. The summed E-state index contributed by atoms with van der Waals surface area (Å²) < 4.78 is 41.8. The summed E-state index contributed by atoms with van der Waals surface area (Å²) in [7, 11) is 0. The van der Waals surface area contributed by atoms with Crippen LogP contribution < -0.4 is 16.4 Å². The number of ether oxygens (including phenoxy) is 1. The lowest BCUT2D eigenvalue weighted by molar-refractivity contribution is -0.187. The summed E-state index contributed by atoms with van der Waals surface area (Å²) in [6.45, 7) is -1.17. The van der Waals surface area contributed by atoms with Crippen LogP contribution >= 0.6 is 0 Å². The second-order valence-corrected chi connectivity index (χ2v) is 7.99. The maximum Gasteiger partial charge on any atom is 0.411 e. The molecule has 0 saturated heterocycles. The van der Waals surface area contributed by atoms with Crippen molar-refractivity contribution in [2.24, 2.45) is 11.7 Å². The smallest absolute Gasteiger partial charge is 0.396 e. The van der Waals surface area contributed by atoms with E-state index in [0.717, 1.165) is 19.3 Å². The Morgan fingerprint density at radius 2 is 1.93 bits per heavy atom. The molecule has 2 atom stereocenters. The Bertz CT molecular complexity index is 726. The molecule has 2 saturated carbocycles. The molecule has 1 amide bonds. The van der Waals surface area contributed by atoms with Crippen molar-refractivity contribution in [3.8, 4) is 0 Å². The molecule has 1 unspecified atom stereocenters. The van der Waals surface area contributed by atoms with E-state index in [1.165, 1.54) is 6.20 Å². The highest BCUT2D eigenvalue weighted by Crippen LogP contribution is 2.30. The fourth-order valence-corrected chi connectivity index (χ4v) is 4.13. The second-order valence-electron chi connectivity index (χ2n) is 7.99. The van der Waals surface area contributed by atoms with Crippen molar-refractivity contribution in [1.29, 1.82) is 0 Å². The summed E-state index contributed by atoms with van der Waals surface area (Å²) in [5.74, 6) is 0.0854. The van der Waals surface area contributed by atoms with Crippen LogP contribution in [-0.4, -0.2) is 58.6 Å². The van der Waals surface area contributed by atoms with Crippen LogP contribution in [0.2, 0.25) is 0 Å². The van der Waals surface area contributed by atoms with Gasteiger partial charge in [0.25, 0.3) is 5.91 Å². The largest absolute Gasteiger partial charge is 0.411 e. The summed E-state index contributed by atoms with van der Waals surface area (Å²) in [5, 5.41) is 15.9. The van der Waals surface area contributed by atoms with Crippen LogP contribution in [0.1, 0.15) is 55.3 Å². The Morgan fingerprint density at radius 1 is 1.20 bits per heavy atom. The summed E-state index contributed by atoms with van der Waals surface area (Å²) in [6, 6.07) is -0.00300. The van der Waals surface area contributed by atoms with Gasteiger partial charge < -0.3 is 26.2 Å². The number of hydrogen-bond donors (Lipinski definition) is 4. The monoisotopic (exact) mass is 431 g/mol. The van der Waals surface area contributed by atoms with E-state index in [0.29, 0.717) is 37.4 Å². The number of nitrogens with zero attached hydrogens (tertiary/aromatic N) is 2. The second kappa shape index (κ2) is 9.78. The lowest BCUT2D eigenvalue weighted by Crippen LogP contribution is -2.33. The first-order chi connectivity index (χ1) is 14.2. The molecule has 0 aromatic carbocycles. The zero-order valence-corrected chi connectivity index (χ0v) is 16.6. The molecule has 1 aromatic heterocycles. The fourth-order valence-electron chi connectivity index (χ4n) is 4.13. The predicted octanol–water partition coefficient (Wildman–Crippen LogP) is 2.45. The third kappa shape index (κ3) is 6.18. The lowest BCUT2D eigenvalue weighted by Gasteiger charge is -2.29. The first-order valence-corrected chi connectivity index (χ1v) is 10.2. The molecule has 30 heavy (non-hydrogen) atoms. The van der Waals surface area contributed by atoms with Crippen molar-refractivity contribution in [3.05, 3.63) is 11.8 Å². The minimum absolute atomic E-state index is 0.000291. The minimum atomic E-state index is -4.32. The third-order valence-electron chi connectivity index (χ3n) is 5.76. The zero-order chi connectivity index (χ0) is 21.7. The van der Waals surface area contributed by atoms with Crippen LogP contribution in [-0.2, 0) is 4.74 Å². The average Bonchev–Trinajstić information content (AvgIpc) is 3.14.